The summed E-state index contributed by atoms with van der Waals surface area (Å²) in [4.78, 5) is 15.0. The molecule has 108 valence electrons. The first kappa shape index (κ1) is 13.5. The molecule has 1 aliphatic rings. The van der Waals surface area contributed by atoms with Crippen molar-refractivity contribution in [2.75, 3.05) is 5.32 Å². The summed E-state index contributed by atoms with van der Waals surface area (Å²) in [6.07, 6.45) is 4.45. The molecule has 1 aromatic carbocycles. The Labute approximate surface area is 123 Å². The predicted octanol–water partition coefficient (Wildman–Crippen LogP) is 3.27. The molecule has 2 aromatic rings. The van der Waals surface area contributed by atoms with Gasteiger partial charge in [-0.2, -0.15) is 0 Å². The van der Waals surface area contributed by atoms with Crippen LogP contribution < -0.4 is 5.32 Å². The molecule has 1 aliphatic carbocycles. The second-order valence-corrected chi connectivity index (χ2v) is 5.43. The van der Waals surface area contributed by atoms with Gasteiger partial charge in [0.1, 0.15) is 0 Å². The SMILES string of the molecule is Cc1ccnc(NC2CCc3ccccc3C2)c1[N+](=O)[O-]. The van der Waals surface area contributed by atoms with Crippen LogP contribution in [0.1, 0.15) is 23.1 Å². The van der Waals surface area contributed by atoms with Crippen molar-refractivity contribution >= 4 is 11.5 Å². The first-order valence-electron chi connectivity index (χ1n) is 7.08. The quantitative estimate of drug-likeness (QED) is 0.693. The summed E-state index contributed by atoms with van der Waals surface area (Å²) in [6.45, 7) is 1.74. The molecule has 3 rings (SSSR count). The van der Waals surface area contributed by atoms with Gasteiger partial charge in [0.15, 0.2) is 0 Å². The molecule has 0 saturated carbocycles. The number of anilines is 1. The number of hydrogen-bond acceptors (Lipinski definition) is 4. The van der Waals surface area contributed by atoms with Crippen LogP contribution >= 0.6 is 0 Å². The number of benzene rings is 1. The summed E-state index contributed by atoms with van der Waals surface area (Å²) >= 11 is 0. The third kappa shape index (κ3) is 2.72. The fourth-order valence-corrected chi connectivity index (χ4v) is 2.90. The van der Waals surface area contributed by atoms with Gasteiger partial charge in [-0.3, -0.25) is 10.1 Å². The first-order valence-corrected chi connectivity index (χ1v) is 7.08. The summed E-state index contributed by atoms with van der Waals surface area (Å²) in [5, 5.41) is 14.5. The Hall–Kier alpha value is -2.43. The van der Waals surface area contributed by atoms with E-state index in [2.05, 4.69) is 28.5 Å². The lowest BCUT2D eigenvalue weighted by atomic mass is 9.88. The van der Waals surface area contributed by atoms with Gasteiger partial charge in [0, 0.05) is 17.8 Å². The van der Waals surface area contributed by atoms with Crippen molar-refractivity contribution in [3.8, 4) is 0 Å². The average molecular weight is 283 g/mol. The van der Waals surface area contributed by atoms with Crippen molar-refractivity contribution in [3.63, 3.8) is 0 Å². The molecule has 1 unspecified atom stereocenters. The van der Waals surface area contributed by atoms with Crippen LogP contribution in [-0.2, 0) is 12.8 Å². The minimum Gasteiger partial charge on any atom is -0.361 e. The third-order valence-electron chi connectivity index (χ3n) is 4.00. The zero-order valence-electron chi connectivity index (χ0n) is 11.9. The number of hydrogen-bond donors (Lipinski definition) is 1. The molecular formula is C16H17N3O2. The number of fused-ring (bicyclic) bond motifs is 1. The minimum atomic E-state index is -0.360. The van der Waals surface area contributed by atoms with E-state index in [9.17, 15) is 10.1 Å². The van der Waals surface area contributed by atoms with Gasteiger partial charge in [-0.25, -0.2) is 4.98 Å². The summed E-state index contributed by atoms with van der Waals surface area (Å²) in [7, 11) is 0. The molecule has 1 N–H and O–H groups in total. The van der Waals surface area contributed by atoms with Gasteiger partial charge in [-0.05, 0) is 43.4 Å². The Bertz CT molecular complexity index is 685. The standard InChI is InChI=1S/C16H17N3O2/c1-11-8-9-17-16(15(11)19(20)21)18-14-7-6-12-4-2-3-5-13(12)10-14/h2-5,8-9,14H,6-7,10H2,1H3,(H,17,18). The normalized spacial score (nSPS) is 17.1. The summed E-state index contributed by atoms with van der Waals surface area (Å²) < 4.78 is 0. The summed E-state index contributed by atoms with van der Waals surface area (Å²) in [6, 6.07) is 10.2. The van der Waals surface area contributed by atoms with Crippen LogP contribution in [0.15, 0.2) is 36.5 Å². The van der Waals surface area contributed by atoms with Crippen molar-refractivity contribution < 1.29 is 4.92 Å². The molecule has 0 amide bonds. The van der Waals surface area contributed by atoms with Gasteiger partial charge in [0.05, 0.1) is 4.92 Å². The molecule has 1 aromatic heterocycles. The Kier molecular flexibility index (Phi) is 3.56. The molecule has 1 atom stereocenters. The molecule has 5 nitrogen and oxygen atoms in total. The lowest BCUT2D eigenvalue weighted by molar-refractivity contribution is -0.384. The molecule has 1 heterocycles. The maximum atomic E-state index is 11.2. The number of pyridine rings is 1. The van der Waals surface area contributed by atoms with E-state index in [4.69, 9.17) is 0 Å². The van der Waals surface area contributed by atoms with Gasteiger partial charge in [0.2, 0.25) is 5.82 Å². The molecular weight excluding hydrogens is 266 g/mol. The van der Waals surface area contributed by atoms with Gasteiger partial charge in [-0.1, -0.05) is 24.3 Å². The van der Waals surface area contributed by atoms with Crippen LogP contribution in [0.25, 0.3) is 0 Å². The van der Waals surface area contributed by atoms with Crippen molar-refractivity contribution in [2.24, 2.45) is 0 Å². The minimum absolute atomic E-state index is 0.0800. The highest BCUT2D eigenvalue weighted by Gasteiger charge is 2.23. The van der Waals surface area contributed by atoms with E-state index in [-0.39, 0.29) is 16.7 Å². The number of rotatable bonds is 3. The number of nitrogens with zero attached hydrogens (tertiary/aromatic N) is 2. The van der Waals surface area contributed by atoms with Crippen molar-refractivity contribution in [1.82, 2.24) is 4.98 Å². The van der Waals surface area contributed by atoms with Gasteiger partial charge in [-0.15, -0.1) is 0 Å². The molecule has 0 bridgehead atoms. The van der Waals surface area contributed by atoms with Crippen molar-refractivity contribution in [3.05, 3.63) is 63.3 Å². The topological polar surface area (TPSA) is 68.1 Å². The van der Waals surface area contributed by atoms with Crippen LogP contribution in [0, 0.1) is 17.0 Å². The van der Waals surface area contributed by atoms with Gasteiger partial charge < -0.3 is 5.32 Å². The van der Waals surface area contributed by atoms with Crippen LogP contribution in [0.5, 0.6) is 0 Å². The Morgan fingerprint density at radius 1 is 1.29 bits per heavy atom. The highest BCUT2D eigenvalue weighted by Crippen LogP contribution is 2.29. The zero-order chi connectivity index (χ0) is 14.8. The fraction of sp³-hybridized carbons (Fsp3) is 0.312. The molecule has 0 aliphatic heterocycles. The maximum absolute atomic E-state index is 11.2. The number of nitro groups is 1. The van der Waals surface area contributed by atoms with E-state index in [0.717, 1.165) is 19.3 Å². The zero-order valence-corrected chi connectivity index (χ0v) is 11.9. The first-order chi connectivity index (χ1) is 10.1. The molecule has 0 spiro atoms. The third-order valence-corrected chi connectivity index (χ3v) is 4.00. The van der Waals surface area contributed by atoms with E-state index >= 15 is 0 Å². The highest BCUT2D eigenvalue weighted by atomic mass is 16.6. The average Bonchev–Trinajstić information content (AvgIpc) is 2.47. The summed E-state index contributed by atoms with van der Waals surface area (Å²) in [5.41, 5.74) is 3.41. The van der Waals surface area contributed by atoms with E-state index < -0.39 is 0 Å². The molecule has 21 heavy (non-hydrogen) atoms. The number of aromatic nitrogens is 1. The number of nitrogens with one attached hydrogen (secondary N) is 1. The summed E-state index contributed by atoms with van der Waals surface area (Å²) in [5.74, 6) is 0.379. The van der Waals surface area contributed by atoms with Gasteiger partial charge >= 0.3 is 5.69 Å². The number of aryl methyl sites for hydroxylation is 2. The van der Waals surface area contributed by atoms with Crippen LogP contribution in [-0.4, -0.2) is 15.9 Å². The highest BCUT2D eigenvalue weighted by molar-refractivity contribution is 5.60. The van der Waals surface area contributed by atoms with Crippen molar-refractivity contribution in [2.45, 2.75) is 32.2 Å². The Morgan fingerprint density at radius 3 is 2.81 bits per heavy atom. The maximum Gasteiger partial charge on any atom is 0.314 e. The monoisotopic (exact) mass is 283 g/mol. The van der Waals surface area contributed by atoms with E-state index in [0.29, 0.717) is 11.4 Å². The molecule has 0 radical (unpaired) electrons. The van der Waals surface area contributed by atoms with E-state index in [1.807, 2.05) is 6.07 Å². The van der Waals surface area contributed by atoms with E-state index in [1.54, 1.807) is 19.2 Å². The molecule has 0 saturated heterocycles. The van der Waals surface area contributed by atoms with Crippen molar-refractivity contribution in [1.29, 1.82) is 0 Å². The predicted molar refractivity (Wildman–Crippen MR) is 81.5 cm³/mol. The molecule has 5 heteroatoms. The van der Waals surface area contributed by atoms with Gasteiger partial charge in [0.25, 0.3) is 0 Å². The van der Waals surface area contributed by atoms with Crippen LogP contribution in [0.3, 0.4) is 0 Å². The lowest BCUT2D eigenvalue weighted by Crippen LogP contribution is -2.28. The van der Waals surface area contributed by atoms with E-state index in [1.165, 1.54) is 11.1 Å². The lowest BCUT2D eigenvalue weighted by Gasteiger charge is -2.25. The molecule has 0 fully saturated rings. The Morgan fingerprint density at radius 2 is 2.05 bits per heavy atom. The van der Waals surface area contributed by atoms with Crippen LogP contribution in [0.2, 0.25) is 0 Å². The largest absolute Gasteiger partial charge is 0.361 e. The Balaban J connectivity index is 1.83. The second-order valence-electron chi connectivity index (χ2n) is 5.43. The van der Waals surface area contributed by atoms with Crippen LogP contribution in [0.4, 0.5) is 11.5 Å². The second kappa shape index (κ2) is 5.52. The fourth-order valence-electron chi connectivity index (χ4n) is 2.90. The smallest absolute Gasteiger partial charge is 0.314 e.